The molecule has 2 aliphatic rings. The predicted molar refractivity (Wildman–Crippen MR) is 116 cm³/mol. The van der Waals surface area contributed by atoms with Crippen LogP contribution in [0.5, 0.6) is 0 Å². The molecule has 1 heterocycles. The van der Waals surface area contributed by atoms with Crippen molar-refractivity contribution in [1.29, 1.82) is 0 Å². The van der Waals surface area contributed by atoms with Crippen LogP contribution in [0.1, 0.15) is 38.2 Å². The zero-order chi connectivity index (χ0) is 19.6. The molecular formula is C26H16BNO. The number of hydrogen-bond donors (Lipinski definition) is 0. The highest BCUT2D eigenvalue weighted by Crippen LogP contribution is 2.58. The monoisotopic (exact) mass is 369 g/mol. The maximum Gasteiger partial charge on any atom is 0.234 e. The molecule has 0 amide bonds. The second kappa shape index (κ2) is 5.71. The molecule has 0 saturated heterocycles. The van der Waals surface area contributed by atoms with Gasteiger partial charge in [-0.25, -0.2) is 0 Å². The number of anilines is 2. The molecule has 29 heavy (non-hydrogen) atoms. The molecule has 0 saturated carbocycles. The maximum atomic E-state index is 13.4. The zero-order valence-electron chi connectivity index (χ0n) is 15.7. The lowest BCUT2D eigenvalue weighted by atomic mass is 9.57. The molecule has 1 aliphatic heterocycles. The first kappa shape index (κ1) is 16.4. The van der Waals surface area contributed by atoms with E-state index in [9.17, 15) is 4.79 Å². The Kier molecular flexibility index (Phi) is 3.22. The molecule has 2 radical (unpaired) electrons. The van der Waals surface area contributed by atoms with Crippen LogP contribution in [0.3, 0.4) is 0 Å². The van der Waals surface area contributed by atoms with E-state index in [1.807, 2.05) is 60.7 Å². The van der Waals surface area contributed by atoms with Crippen molar-refractivity contribution in [2.45, 2.75) is 5.41 Å². The first-order valence-corrected chi connectivity index (χ1v) is 9.72. The summed E-state index contributed by atoms with van der Waals surface area (Å²) >= 11 is 0. The number of hydrogen-bond acceptors (Lipinski definition) is 2. The van der Waals surface area contributed by atoms with Crippen LogP contribution in [0.2, 0.25) is 0 Å². The van der Waals surface area contributed by atoms with Crippen LogP contribution in [0, 0.1) is 0 Å². The molecule has 0 aromatic heterocycles. The fraction of sp³-hybridized carbons (Fsp3) is 0.0385. The molecule has 2 nitrogen and oxygen atoms in total. The van der Waals surface area contributed by atoms with Gasteiger partial charge in [0.25, 0.3) is 0 Å². The van der Waals surface area contributed by atoms with Gasteiger partial charge in [-0.1, -0.05) is 84.9 Å². The number of carbonyl (C=O) groups is 1. The van der Waals surface area contributed by atoms with Crippen LogP contribution in [-0.4, -0.2) is 13.8 Å². The summed E-state index contributed by atoms with van der Waals surface area (Å²) in [6.45, 7) is 0. The van der Waals surface area contributed by atoms with Gasteiger partial charge in [-0.3, -0.25) is 4.79 Å². The quantitative estimate of drug-likeness (QED) is 0.352. The summed E-state index contributed by atoms with van der Waals surface area (Å²) in [5.41, 5.74) is 7.01. The Morgan fingerprint density at radius 1 is 0.552 bits per heavy atom. The highest BCUT2D eigenvalue weighted by atomic mass is 16.1. The molecule has 0 fully saturated rings. The van der Waals surface area contributed by atoms with E-state index in [1.165, 1.54) is 0 Å². The summed E-state index contributed by atoms with van der Waals surface area (Å²) in [7, 11) is 6.58. The lowest BCUT2D eigenvalue weighted by molar-refractivity contribution is 0.103. The van der Waals surface area contributed by atoms with Crippen LogP contribution in [0.15, 0.2) is 97.1 Å². The molecule has 1 spiro atoms. The van der Waals surface area contributed by atoms with Crippen LogP contribution in [-0.2, 0) is 5.41 Å². The molecule has 0 atom stereocenters. The average molecular weight is 369 g/mol. The molecule has 4 aromatic rings. The van der Waals surface area contributed by atoms with E-state index in [0.717, 1.165) is 44.8 Å². The predicted octanol–water partition coefficient (Wildman–Crippen LogP) is 5.15. The molecule has 0 unspecified atom stereocenters. The normalized spacial score (nSPS) is 15.3. The Hall–Kier alpha value is -3.59. The van der Waals surface area contributed by atoms with Gasteiger partial charge < -0.3 is 4.81 Å². The number of rotatable bonds is 0. The van der Waals surface area contributed by atoms with Gasteiger partial charge >= 0.3 is 0 Å². The minimum Gasteiger partial charge on any atom is -0.397 e. The minimum absolute atomic E-state index is 0.0759. The van der Waals surface area contributed by atoms with Crippen molar-refractivity contribution in [3.8, 4) is 0 Å². The van der Waals surface area contributed by atoms with Gasteiger partial charge in [-0.2, -0.15) is 0 Å². The number of benzene rings is 4. The standard InChI is InChI=1S/C26H16BNO/c27-28-23-15-7-5-13-21(23)26(22-14-6-8-16-24(22)28)19-11-3-1-9-17(19)25(29)18-10-2-4-12-20(18)26/h1-16H. The summed E-state index contributed by atoms with van der Waals surface area (Å²) in [5.74, 6) is 0.0759. The number of para-hydroxylation sites is 2. The molecular weight excluding hydrogens is 353 g/mol. The highest BCUT2D eigenvalue weighted by Gasteiger charge is 2.50. The van der Waals surface area contributed by atoms with E-state index in [2.05, 4.69) is 36.4 Å². The average Bonchev–Trinajstić information content (AvgIpc) is 2.79. The van der Waals surface area contributed by atoms with E-state index in [-0.39, 0.29) is 5.78 Å². The van der Waals surface area contributed by atoms with Gasteiger partial charge in [0, 0.05) is 22.5 Å². The lowest BCUT2D eigenvalue weighted by Gasteiger charge is -2.48. The maximum absolute atomic E-state index is 13.4. The summed E-state index contributed by atoms with van der Waals surface area (Å²) in [4.78, 5) is 15.1. The van der Waals surface area contributed by atoms with Crippen molar-refractivity contribution >= 4 is 25.1 Å². The minimum atomic E-state index is -0.593. The van der Waals surface area contributed by atoms with E-state index < -0.39 is 5.41 Å². The largest absolute Gasteiger partial charge is 0.397 e. The molecule has 134 valence electrons. The van der Waals surface area contributed by atoms with Crippen molar-refractivity contribution in [3.63, 3.8) is 0 Å². The molecule has 6 rings (SSSR count). The fourth-order valence-corrected chi connectivity index (χ4v) is 5.16. The van der Waals surface area contributed by atoms with Gasteiger partial charge in [0.1, 0.15) is 0 Å². The van der Waals surface area contributed by atoms with Crippen LogP contribution in [0.4, 0.5) is 11.4 Å². The van der Waals surface area contributed by atoms with Gasteiger partial charge in [-0.15, -0.1) is 0 Å². The SMILES string of the molecule is [B]N1c2ccccc2C2(c3ccccc3C(=O)c3ccccc32)c2ccccc21. The van der Waals surface area contributed by atoms with Gasteiger partial charge in [0.15, 0.2) is 5.78 Å². The smallest absolute Gasteiger partial charge is 0.234 e. The lowest BCUT2D eigenvalue weighted by Crippen LogP contribution is -2.42. The first-order valence-electron chi connectivity index (χ1n) is 9.72. The Balaban J connectivity index is 1.89. The molecule has 0 N–H and O–H groups in total. The van der Waals surface area contributed by atoms with Crippen molar-refractivity contribution in [1.82, 2.24) is 0 Å². The molecule has 0 bridgehead atoms. The number of carbonyl (C=O) groups excluding carboxylic acids is 1. The summed E-state index contributed by atoms with van der Waals surface area (Å²) in [5, 5.41) is 0. The Morgan fingerprint density at radius 2 is 0.931 bits per heavy atom. The van der Waals surface area contributed by atoms with E-state index in [4.69, 9.17) is 7.98 Å². The second-order valence-electron chi connectivity index (χ2n) is 7.57. The van der Waals surface area contributed by atoms with Crippen molar-refractivity contribution in [3.05, 3.63) is 130 Å². The van der Waals surface area contributed by atoms with E-state index >= 15 is 0 Å². The second-order valence-corrected chi connectivity index (χ2v) is 7.57. The number of ketones is 1. The van der Waals surface area contributed by atoms with E-state index in [1.54, 1.807) is 4.81 Å². The molecule has 3 heteroatoms. The van der Waals surface area contributed by atoms with Gasteiger partial charge in [0.2, 0.25) is 7.98 Å². The van der Waals surface area contributed by atoms with Crippen molar-refractivity contribution in [2.75, 3.05) is 4.81 Å². The van der Waals surface area contributed by atoms with Crippen LogP contribution >= 0.6 is 0 Å². The fourth-order valence-electron chi connectivity index (χ4n) is 5.16. The Labute approximate surface area is 170 Å². The van der Waals surface area contributed by atoms with Gasteiger partial charge in [0.05, 0.1) is 5.41 Å². The van der Waals surface area contributed by atoms with E-state index in [0.29, 0.717) is 0 Å². The van der Waals surface area contributed by atoms with Gasteiger partial charge in [-0.05, 0) is 34.4 Å². The molecule has 4 aromatic carbocycles. The summed E-state index contributed by atoms with van der Waals surface area (Å²) in [6.07, 6.45) is 0. The van der Waals surface area contributed by atoms with Crippen molar-refractivity contribution < 1.29 is 4.79 Å². The summed E-state index contributed by atoms with van der Waals surface area (Å²) in [6, 6.07) is 32.4. The van der Waals surface area contributed by atoms with Crippen molar-refractivity contribution in [2.24, 2.45) is 0 Å². The zero-order valence-corrected chi connectivity index (χ0v) is 15.7. The number of nitrogens with zero attached hydrogens (tertiary/aromatic N) is 1. The third-order valence-electron chi connectivity index (χ3n) is 6.29. The topological polar surface area (TPSA) is 20.3 Å². The third kappa shape index (κ3) is 1.90. The highest BCUT2D eigenvalue weighted by molar-refractivity contribution is 6.24. The van der Waals surface area contributed by atoms with Crippen LogP contribution < -0.4 is 4.81 Å². The Morgan fingerprint density at radius 3 is 1.41 bits per heavy atom. The first-order chi connectivity index (χ1) is 14.2. The third-order valence-corrected chi connectivity index (χ3v) is 6.29. The molecule has 1 aliphatic carbocycles. The van der Waals surface area contributed by atoms with Crippen LogP contribution in [0.25, 0.3) is 0 Å². The Bertz CT molecular complexity index is 1210. The number of fused-ring (bicyclic) bond motifs is 8. The summed E-state index contributed by atoms with van der Waals surface area (Å²) < 4.78 is 0.